The van der Waals surface area contributed by atoms with E-state index in [4.69, 9.17) is 10.5 Å². The molecular formula is C8H9N5O2S. The number of ether oxygens (including phenoxy) is 1. The minimum Gasteiger partial charge on any atom is -0.480 e. The maximum atomic E-state index is 11.5. The molecule has 0 spiro atoms. The van der Waals surface area contributed by atoms with E-state index in [0.717, 1.165) is 0 Å². The second-order valence-corrected chi connectivity index (χ2v) is 4.00. The molecule has 2 heterocycles. The molecule has 0 aliphatic rings. The third-order valence-corrected chi connectivity index (χ3v) is 2.56. The zero-order chi connectivity index (χ0) is 11.5. The van der Waals surface area contributed by atoms with Crippen LogP contribution in [0.4, 0.5) is 5.13 Å². The Kier molecular flexibility index (Phi) is 2.82. The highest BCUT2D eigenvalue weighted by Crippen LogP contribution is 2.11. The summed E-state index contributed by atoms with van der Waals surface area (Å²) in [7, 11) is 1.49. The van der Waals surface area contributed by atoms with E-state index in [1.165, 1.54) is 35.3 Å². The fraction of sp³-hybridized carbons (Fsp3) is 0.250. The normalized spacial score (nSPS) is 10.3. The standard InChI is InChI=1S/C8H9N5O2S/c1-15-5-2-3-7(14)13(12-5)4-6-10-11-8(9)16-6/h2-3H,4H2,1H3,(H2,9,11). The lowest BCUT2D eigenvalue weighted by molar-refractivity contribution is 0.378. The van der Waals surface area contributed by atoms with Gasteiger partial charge in [-0.25, -0.2) is 4.68 Å². The SMILES string of the molecule is COc1ccc(=O)n(Cc2nnc(N)s2)n1. The van der Waals surface area contributed by atoms with Gasteiger partial charge in [-0.15, -0.1) is 15.3 Å². The molecule has 0 aromatic carbocycles. The van der Waals surface area contributed by atoms with Crippen molar-refractivity contribution in [2.45, 2.75) is 6.54 Å². The smallest absolute Gasteiger partial charge is 0.267 e. The van der Waals surface area contributed by atoms with Crippen LogP contribution in [0.1, 0.15) is 5.01 Å². The molecule has 8 heteroatoms. The van der Waals surface area contributed by atoms with E-state index in [1.807, 2.05) is 0 Å². The molecule has 0 fully saturated rings. The van der Waals surface area contributed by atoms with Crippen LogP contribution in [0.25, 0.3) is 0 Å². The molecule has 0 saturated heterocycles. The van der Waals surface area contributed by atoms with E-state index < -0.39 is 0 Å². The number of nitrogens with two attached hydrogens (primary N) is 1. The summed E-state index contributed by atoms with van der Waals surface area (Å²) in [6.45, 7) is 0.241. The third-order valence-electron chi connectivity index (χ3n) is 1.82. The Labute approximate surface area is 94.5 Å². The Hall–Kier alpha value is -1.96. The molecule has 2 aromatic rings. The number of nitrogens with zero attached hydrogens (tertiary/aromatic N) is 4. The molecule has 2 rings (SSSR count). The van der Waals surface area contributed by atoms with Crippen molar-refractivity contribution in [1.82, 2.24) is 20.0 Å². The van der Waals surface area contributed by atoms with Gasteiger partial charge in [0.1, 0.15) is 5.01 Å². The van der Waals surface area contributed by atoms with Crippen molar-refractivity contribution < 1.29 is 4.74 Å². The molecule has 0 saturated carbocycles. The summed E-state index contributed by atoms with van der Waals surface area (Å²) < 4.78 is 6.17. The summed E-state index contributed by atoms with van der Waals surface area (Å²) in [5.74, 6) is 0.372. The second-order valence-electron chi connectivity index (χ2n) is 2.91. The number of hydrogen-bond acceptors (Lipinski definition) is 7. The maximum absolute atomic E-state index is 11.5. The van der Waals surface area contributed by atoms with Gasteiger partial charge in [0, 0.05) is 12.1 Å². The predicted molar refractivity (Wildman–Crippen MR) is 58.5 cm³/mol. The van der Waals surface area contributed by atoms with Crippen LogP contribution in [0, 0.1) is 0 Å². The van der Waals surface area contributed by atoms with Gasteiger partial charge < -0.3 is 10.5 Å². The van der Waals surface area contributed by atoms with Crippen molar-refractivity contribution >= 4 is 16.5 Å². The number of nitrogen functional groups attached to an aromatic ring is 1. The van der Waals surface area contributed by atoms with Gasteiger partial charge in [0.25, 0.3) is 5.56 Å². The highest BCUT2D eigenvalue weighted by atomic mass is 32.1. The zero-order valence-electron chi connectivity index (χ0n) is 8.45. The van der Waals surface area contributed by atoms with E-state index in [2.05, 4.69) is 15.3 Å². The molecule has 84 valence electrons. The second kappa shape index (κ2) is 4.27. The molecule has 0 bridgehead atoms. The van der Waals surface area contributed by atoms with Crippen molar-refractivity contribution in [2.75, 3.05) is 12.8 Å². The first-order valence-electron chi connectivity index (χ1n) is 4.39. The van der Waals surface area contributed by atoms with Crippen LogP contribution in [0.5, 0.6) is 5.88 Å². The van der Waals surface area contributed by atoms with Gasteiger partial charge in [0.15, 0.2) is 0 Å². The van der Waals surface area contributed by atoms with Crippen molar-refractivity contribution in [3.05, 3.63) is 27.5 Å². The van der Waals surface area contributed by atoms with E-state index in [0.29, 0.717) is 16.0 Å². The van der Waals surface area contributed by atoms with Crippen LogP contribution < -0.4 is 16.0 Å². The summed E-state index contributed by atoms with van der Waals surface area (Å²) in [5.41, 5.74) is 5.21. The number of hydrogen-bond donors (Lipinski definition) is 1. The highest BCUT2D eigenvalue weighted by molar-refractivity contribution is 7.15. The summed E-state index contributed by atoms with van der Waals surface area (Å²) in [5, 5.41) is 12.4. The van der Waals surface area contributed by atoms with Gasteiger partial charge in [-0.05, 0) is 0 Å². The van der Waals surface area contributed by atoms with Gasteiger partial charge in [-0.3, -0.25) is 4.79 Å². The van der Waals surface area contributed by atoms with Gasteiger partial charge in [-0.2, -0.15) is 0 Å². The Morgan fingerprint density at radius 1 is 1.50 bits per heavy atom. The molecule has 16 heavy (non-hydrogen) atoms. The quantitative estimate of drug-likeness (QED) is 0.792. The first kappa shape index (κ1) is 10.6. The minimum atomic E-state index is -0.227. The van der Waals surface area contributed by atoms with Gasteiger partial charge in [0.05, 0.1) is 13.7 Å². The van der Waals surface area contributed by atoms with Crippen LogP contribution in [0.2, 0.25) is 0 Å². The molecule has 7 nitrogen and oxygen atoms in total. The molecule has 0 aliphatic heterocycles. The first-order chi connectivity index (χ1) is 7.69. The molecule has 0 atom stereocenters. The monoisotopic (exact) mass is 239 g/mol. The average Bonchev–Trinajstić information content (AvgIpc) is 2.67. The zero-order valence-corrected chi connectivity index (χ0v) is 9.27. The Balaban J connectivity index is 2.30. The lowest BCUT2D eigenvalue weighted by Crippen LogP contribution is -2.22. The van der Waals surface area contributed by atoms with Crippen molar-refractivity contribution in [1.29, 1.82) is 0 Å². The summed E-state index contributed by atoms with van der Waals surface area (Å²) in [4.78, 5) is 11.5. The van der Waals surface area contributed by atoms with E-state index in [-0.39, 0.29) is 12.1 Å². The molecule has 2 aromatic heterocycles. The Morgan fingerprint density at radius 3 is 2.94 bits per heavy atom. The lowest BCUT2D eigenvalue weighted by atomic mass is 10.5. The number of methoxy groups -OCH3 is 1. The fourth-order valence-electron chi connectivity index (χ4n) is 1.11. The maximum Gasteiger partial charge on any atom is 0.267 e. The summed E-state index contributed by atoms with van der Waals surface area (Å²) in [6, 6.07) is 2.89. The average molecular weight is 239 g/mol. The molecule has 0 aliphatic carbocycles. The number of anilines is 1. The van der Waals surface area contributed by atoms with Crippen molar-refractivity contribution in [3.63, 3.8) is 0 Å². The predicted octanol–water partition coefficient (Wildman–Crippen LogP) is -0.266. The first-order valence-corrected chi connectivity index (χ1v) is 5.20. The van der Waals surface area contributed by atoms with Crippen molar-refractivity contribution in [2.24, 2.45) is 0 Å². The Morgan fingerprint density at radius 2 is 2.31 bits per heavy atom. The van der Waals surface area contributed by atoms with Crippen LogP contribution in [-0.2, 0) is 6.54 Å². The highest BCUT2D eigenvalue weighted by Gasteiger charge is 2.05. The van der Waals surface area contributed by atoms with Crippen molar-refractivity contribution in [3.8, 4) is 5.88 Å². The fourth-order valence-corrected chi connectivity index (χ4v) is 1.70. The number of rotatable bonds is 3. The minimum absolute atomic E-state index is 0.227. The molecule has 0 amide bonds. The molecular weight excluding hydrogens is 230 g/mol. The van der Waals surface area contributed by atoms with Gasteiger partial charge >= 0.3 is 0 Å². The van der Waals surface area contributed by atoms with Crippen LogP contribution in [-0.4, -0.2) is 27.1 Å². The van der Waals surface area contributed by atoms with E-state index in [1.54, 1.807) is 0 Å². The van der Waals surface area contributed by atoms with Crippen LogP contribution >= 0.6 is 11.3 Å². The van der Waals surface area contributed by atoms with Crippen LogP contribution in [0.3, 0.4) is 0 Å². The van der Waals surface area contributed by atoms with Gasteiger partial charge in [0.2, 0.25) is 11.0 Å². The topological polar surface area (TPSA) is 95.9 Å². The summed E-state index contributed by atoms with van der Waals surface area (Å²) >= 11 is 1.22. The third kappa shape index (κ3) is 2.16. The molecule has 2 N–H and O–H groups in total. The molecule has 0 unspecified atom stereocenters. The largest absolute Gasteiger partial charge is 0.480 e. The van der Waals surface area contributed by atoms with Gasteiger partial charge in [-0.1, -0.05) is 11.3 Å². The molecule has 0 radical (unpaired) electrons. The Bertz CT molecular complexity index is 549. The van der Waals surface area contributed by atoms with E-state index in [9.17, 15) is 4.79 Å². The van der Waals surface area contributed by atoms with Crippen LogP contribution in [0.15, 0.2) is 16.9 Å². The number of aromatic nitrogens is 4. The van der Waals surface area contributed by atoms with E-state index >= 15 is 0 Å². The summed E-state index contributed by atoms with van der Waals surface area (Å²) in [6.07, 6.45) is 0. The lowest BCUT2D eigenvalue weighted by Gasteiger charge is -2.03.